The maximum absolute atomic E-state index is 12.8. The molecule has 19 nitrogen and oxygen atoms in total. The van der Waals surface area contributed by atoms with E-state index >= 15 is 0 Å². The van der Waals surface area contributed by atoms with Crippen LogP contribution in [0.2, 0.25) is 0 Å². The molecule has 1 aromatic rings. The Morgan fingerprint density at radius 2 is 1.49 bits per heavy atom. The van der Waals surface area contributed by atoms with E-state index in [9.17, 15) is 48.6 Å². The smallest absolute Gasteiger partial charge is 0.462 e. The highest BCUT2D eigenvalue weighted by molar-refractivity contribution is 7.61. The molecule has 2 heterocycles. The van der Waals surface area contributed by atoms with E-state index in [-0.39, 0.29) is 18.7 Å². The molecule has 7 N–H and O–H groups in total. The highest BCUT2D eigenvalue weighted by Crippen LogP contribution is 2.60. The van der Waals surface area contributed by atoms with E-state index in [4.69, 9.17) is 29.0 Å². The predicted octanol–water partition coefficient (Wildman–Crippen LogP) is 7.77. The molecule has 384 valence electrons. The Balaban J connectivity index is 1.85. The van der Waals surface area contributed by atoms with Gasteiger partial charge in [0, 0.05) is 19.0 Å². The van der Waals surface area contributed by atoms with Gasteiger partial charge in [0.1, 0.15) is 30.7 Å². The predicted molar refractivity (Wildman–Crippen MR) is 258 cm³/mol. The van der Waals surface area contributed by atoms with Gasteiger partial charge in [0.05, 0.1) is 19.3 Å². The largest absolute Gasteiger partial charge is 0.481 e. The second-order valence-electron chi connectivity index (χ2n) is 16.3. The Hall–Kier alpha value is -3.84. The zero-order valence-corrected chi connectivity index (χ0v) is 41.4. The van der Waals surface area contributed by atoms with Crippen LogP contribution >= 0.6 is 15.6 Å². The summed E-state index contributed by atoms with van der Waals surface area (Å²) in [5.74, 6) is -0.736. The van der Waals surface area contributed by atoms with Crippen molar-refractivity contribution < 1.29 is 71.4 Å². The van der Waals surface area contributed by atoms with Crippen molar-refractivity contribution in [2.75, 3.05) is 25.6 Å². The zero-order chi connectivity index (χ0) is 50.2. The fourth-order valence-corrected chi connectivity index (χ4v) is 8.51. The van der Waals surface area contributed by atoms with Gasteiger partial charge >= 0.3 is 33.3 Å². The van der Waals surface area contributed by atoms with Crippen LogP contribution in [0, 0.1) is 5.92 Å². The van der Waals surface area contributed by atoms with Gasteiger partial charge in [0.15, 0.2) is 12.3 Å². The van der Waals surface area contributed by atoms with E-state index in [0.29, 0.717) is 31.6 Å². The van der Waals surface area contributed by atoms with E-state index < -0.39 is 89.8 Å². The Morgan fingerprint density at radius 3 is 2.16 bits per heavy atom. The Kier molecular flexibility index (Phi) is 30.5. The number of rotatable bonds is 36. The van der Waals surface area contributed by atoms with Crippen molar-refractivity contribution in [1.29, 1.82) is 0 Å². The second kappa shape index (κ2) is 34.5. The highest BCUT2D eigenvalue weighted by atomic mass is 31.3. The lowest BCUT2D eigenvalue weighted by Crippen LogP contribution is -2.36. The van der Waals surface area contributed by atoms with Crippen LogP contribution in [-0.2, 0) is 46.3 Å². The third-order valence-corrected chi connectivity index (χ3v) is 13.0. The summed E-state index contributed by atoms with van der Waals surface area (Å²) in [4.78, 5) is 61.6. The molecule has 1 aliphatic rings. The lowest BCUT2D eigenvalue weighted by Gasteiger charge is -2.21. The van der Waals surface area contributed by atoms with Crippen molar-refractivity contribution in [3.8, 4) is 0 Å². The summed E-state index contributed by atoms with van der Waals surface area (Å²) in [5, 5.41) is 30.7. The number of carbonyl (C=O) groups is 2. The first-order valence-electron chi connectivity index (χ1n) is 23.5. The number of nitrogens with two attached hydrogens (primary N) is 1. The molecule has 0 aromatic carbocycles. The molecule has 1 saturated heterocycles. The SMILES string of the molecule is CC/C=C\CC(O)/C=C/C=C/C/C=C\C/C=C\C/C=C\CCC(=O)OC[C@H](COP(=O)(O)OP(=O)(O)OC[C@H]1O[C@@H](n2ccc(N)nc2=O)[C@H](O)[C@@H]1O)OC(=O)CCCCCCCCC(C)CC. The van der Waals surface area contributed by atoms with Crippen molar-refractivity contribution >= 4 is 33.4 Å². The number of aliphatic hydroxyl groups is 3. The van der Waals surface area contributed by atoms with E-state index in [1.54, 1.807) is 6.08 Å². The van der Waals surface area contributed by atoms with Crippen molar-refractivity contribution in [3.05, 3.63) is 95.7 Å². The first-order chi connectivity index (χ1) is 32.5. The first kappa shape index (κ1) is 60.3. The fraction of sp³-hybridized carbons (Fsp3) is 0.617. The Bertz CT molecular complexity index is 1950. The molecular formula is C47H75N3O16P2. The number of nitrogens with zero attached hydrogens (tertiary/aromatic N) is 2. The minimum absolute atomic E-state index is 0.0170. The molecule has 0 saturated carbocycles. The summed E-state index contributed by atoms with van der Waals surface area (Å²) < 4.78 is 56.5. The second-order valence-corrected chi connectivity index (χ2v) is 19.4. The molecule has 0 bridgehead atoms. The monoisotopic (exact) mass is 999 g/mol. The Labute approximate surface area is 400 Å². The molecular weight excluding hydrogens is 924 g/mol. The van der Waals surface area contributed by atoms with Gasteiger partial charge in [-0.25, -0.2) is 13.9 Å². The van der Waals surface area contributed by atoms with Gasteiger partial charge in [0.2, 0.25) is 0 Å². The van der Waals surface area contributed by atoms with E-state index in [1.165, 1.54) is 12.5 Å². The molecule has 4 unspecified atom stereocenters. The molecule has 0 amide bonds. The number of aromatic nitrogens is 2. The molecule has 21 heteroatoms. The number of hydrogen-bond acceptors (Lipinski definition) is 16. The topological polar surface area (TPSA) is 286 Å². The third-order valence-electron chi connectivity index (χ3n) is 10.4. The number of nitrogen functional groups attached to an aromatic ring is 1. The number of ether oxygens (including phenoxy) is 3. The van der Waals surface area contributed by atoms with Crippen LogP contribution in [0.4, 0.5) is 5.82 Å². The summed E-state index contributed by atoms with van der Waals surface area (Å²) in [7, 11) is -10.9. The van der Waals surface area contributed by atoms with Crippen LogP contribution in [0.1, 0.15) is 130 Å². The van der Waals surface area contributed by atoms with Crippen LogP contribution in [0.25, 0.3) is 0 Å². The van der Waals surface area contributed by atoms with Crippen molar-refractivity contribution in [2.45, 2.75) is 160 Å². The number of unbranched alkanes of at least 4 members (excludes halogenated alkanes) is 5. The van der Waals surface area contributed by atoms with Gasteiger partial charge in [-0.2, -0.15) is 9.29 Å². The molecule has 1 fully saturated rings. The lowest BCUT2D eigenvalue weighted by molar-refractivity contribution is -0.161. The molecule has 1 aliphatic heterocycles. The van der Waals surface area contributed by atoms with Crippen LogP contribution < -0.4 is 11.4 Å². The minimum atomic E-state index is -5.44. The molecule has 68 heavy (non-hydrogen) atoms. The number of hydrogen-bond donors (Lipinski definition) is 6. The molecule has 1 aromatic heterocycles. The van der Waals surface area contributed by atoms with E-state index in [2.05, 4.69) is 23.1 Å². The number of phosphoric acid groups is 2. The van der Waals surface area contributed by atoms with Gasteiger partial charge in [-0.3, -0.25) is 23.2 Å². The van der Waals surface area contributed by atoms with Crippen LogP contribution in [0.15, 0.2) is 90.0 Å². The maximum atomic E-state index is 12.8. The Morgan fingerprint density at radius 1 is 0.838 bits per heavy atom. The fourth-order valence-electron chi connectivity index (χ4n) is 6.40. The quantitative estimate of drug-likeness (QED) is 0.0123. The average molecular weight is 1000 g/mol. The number of allylic oxidation sites excluding steroid dienone is 10. The van der Waals surface area contributed by atoms with Gasteiger partial charge < -0.3 is 45.1 Å². The number of phosphoric ester groups is 2. The molecule has 0 aliphatic carbocycles. The van der Waals surface area contributed by atoms with E-state index in [1.807, 2.05) is 73.8 Å². The number of esters is 2. The summed E-state index contributed by atoms with van der Waals surface area (Å²) in [5.41, 5.74) is 4.57. The van der Waals surface area contributed by atoms with Gasteiger partial charge in [-0.05, 0) is 56.9 Å². The summed E-state index contributed by atoms with van der Waals surface area (Å²) >= 11 is 0. The summed E-state index contributed by atoms with van der Waals surface area (Å²) in [6.07, 6.45) is 28.1. The third kappa shape index (κ3) is 27.4. The average Bonchev–Trinajstić information content (AvgIpc) is 3.57. The first-order valence-corrected chi connectivity index (χ1v) is 26.4. The lowest BCUT2D eigenvalue weighted by atomic mass is 10.00. The van der Waals surface area contributed by atoms with Crippen LogP contribution in [0.3, 0.4) is 0 Å². The molecule has 0 spiro atoms. The van der Waals surface area contributed by atoms with Crippen molar-refractivity contribution in [2.24, 2.45) is 5.92 Å². The summed E-state index contributed by atoms with van der Waals surface area (Å²) in [6.45, 7) is 4.05. The minimum Gasteiger partial charge on any atom is -0.462 e. The maximum Gasteiger partial charge on any atom is 0.481 e. The summed E-state index contributed by atoms with van der Waals surface area (Å²) in [6, 6.07) is 1.24. The molecule has 9 atom stereocenters. The van der Waals surface area contributed by atoms with Gasteiger partial charge in [-0.15, -0.1) is 0 Å². The number of anilines is 1. The molecule has 2 rings (SSSR count). The highest BCUT2D eigenvalue weighted by Gasteiger charge is 2.46. The number of aliphatic hydroxyl groups excluding tert-OH is 3. The zero-order valence-electron chi connectivity index (χ0n) is 39.7. The van der Waals surface area contributed by atoms with E-state index in [0.717, 1.165) is 68.6 Å². The van der Waals surface area contributed by atoms with Crippen molar-refractivity contribution in [3.63, 3.8) is 0 Å². The van der Waals surface area contributed by atoms with Gasteiger partial charge in [0.25, 0.3) is 0 Å². The number of carbonyl (C=O) groups excluding carboxylic acids is 2. The van der Waals surface area contributed by atoms with Crippen LogP contribution in [-0.4, -0.2) is 96.9 Å². The van der Waals surface area contributed by atoms with Gasteiger partial charge in [-0.1, -0.05) is 139 Å². The molecule has 0 radical (unpaired) electrons. The van der Waals surface area contributed by atoms with Crippen molar-refractivity contribution in [1.82, 2.24) is 9.55 Å². The standard InChI is InChI=1S/C47H75N3O16P2/c1-4-6-22-28-38(51)29-24-19-14-12-10-8-7-9-11-13-15-20-25-30-42(52)61-34-39(64-43(53)31-26-21-17-16-18-23-27-37(3)5-2)35-62-67(57,58)66-68(59,60)63-36-40-44(54)45(55)46(65-40)50-33-32-41(48)49-47(50)56/h6,8-11,14-15,19-20,22,24,29,32-33,37-40,44-46,51,54-55H,4-5,7,12-13,16-18,21,23,25-28,30-31,34-36H2,1-3H3,(H,57,58)(H,59,60)(H2,48,49,56)/b10-8-,11-9-,19-14+,20-15-,22-6-,29-24+/t37?,38?,39-,40-,44-,45-,46-/m1/s1. The van der Waals surface area contributed by atoms with Crippen LogP contribution in [0.5, 0.6) is 0 Å². The normalized spacial score (nSPS) is 21.1.